The minimum atomic E-state index is -0.334. The quantitative estimate of drug-likeness (QED) is 0.806. The van der Waals surface area contributed by atoms with Crippen molar-refractivity contribution < 1.29 is 4.39 Å². The molecule has 0 aliphatic heterocycles. The molecular weight excluding hydrogens is 292 g/mol. The fraction of sp³-hybridized carbons (Fsp3) is 0.500. The molecule has 0 aliphatic carbocycles. The average molecular weight is 309 g/mol. The highest BCUT2D eigenvalue weighted by molar-refractivity contribution is 9.10. The predicted octanol–water partition coefficient (Wildman–Crippen LogP) is 4.30. The summed E-state index contributed by atoms with van der Waals surface area (Å²) in [6.45, 7) is 2.09. The third kappa shape index (κ3) is 3.72. The molecule has 0 aromatic heterocycles. The third-order valence-electron chi connectivity index (χ3n) is 2.56. The number of hydrogen-bond donors (Lipinski definition) is 1. The first kappa shape index (κ1) is 13.9. The van der Waals surface area contributed by atoms with E-state index < -0.39 is 0 Å². The normalized spacial score (nSPS) is 12.8. The number of rotatable bonds is 5. The second-order valence-electron chi connectivity index (χ2n) is 3.92. The van der Waals surface area contributed by atoms with Crippen molar-refractivity contribution in [2.45, 2.75) is 38.6 Å². The van der Waals surface area contributed by atoms with Gasteiger partial charge in [0.15, 0.2) is 0 Å². The first-order chi connectivity index (χ1) is 7.56. The van der Waals surface area contributed by atoms with Crippen LogP contribution in [0.15, 0.2) is 16.6 Å². The molecule has 0 saturated heterocycles. The molecule has 1 aromatic rings. The van der Waals surface area contributed by atoms with E-state index in [4.69, 9.17) is 17.3 Å². The lowest BCUT2D eigenvalue weighted by Gasteiger charge is -2.11. The highest BCUT2D eigenvalue weighted by Crippen LogP contribution is 2.28. The fourth-order valence-electron chi connectivity index (χ4n) is 1.61. The van der Waals surface area contributed by atoms with Crippen LogP contribution in [0.1, 0.15) is 31.7 Å². The molecule has 1 nitrogen and oxygen atoms in total. The van der Waals surface area contributed by atoms with Gasteiger partial charge in [-0.2, -0.15) is 0 Å². The van der Waals surface area contributed by atoms with Crippen LogP contribution in [-0.2, 0) is 6.42 Å². The van der Waals surface area contributed by atoms with Gasteiger partial charge in [-0.05, 0) is 46.8 Å². The molecule has 0 saturated carbocycles. The summed E-state index contributed by atoms with van der Waals surface area (Å²) < 4.78 is 14.3. The van der Waals surface area contributed by atoms with Gasteiger partial charge in [-0.25, -0.2) is 4.39 Å². The minimum Gasteiger partial charge on any atom is -0.328 e. The number of aryl methyl sites for hydroxylation is 1. The van der Waals surface area contributed by atoms with Crippen LogP contribution < -0.4 is 5.73 Å². The molecule has 1 aromatic carbocycles. The third-order valence-corrected chi connectivity index (χ3v) is 3.82. The van der Waals surface area contributed by atoms with E-state index >= 15 is 0 Å². The van der Waals surface area contributed by atoms with Crippen molar-refractivity contribution in [2.24, 2.45) is 5.73 Å². The number of hydrogen-bond acceptors (Lipinski definition) is 1. The molecule has 1 unspecified atom stereocenters. The smallest absolute Gasteiger partial charge is 0.146 e. The molecule has 0 aliphatic rings. The average Bonchev–Trinajstić information content (AvgIpc) is 2.25. The second-order valence-corrected chi connectivity index (χ2v) is 5.15. The summed E-state index contributed by atoms with van der Waals surface area (Å²) in [6.07, 6.45) is 3.47. The maximum atomic E-state index is 13.7. The van der Waals surface area contributed by atoms with E-state index in [2.05, 4.69) is 22.9 Å². The molecule has 1 atom stereocenters. The van der Waals surface area contributed by atoms with E-state index in [1.54, 1.807) is 12.1 Å². The molecule has 0 fully saturated rings. The molecule has 4 heteroatoms. The molecule has 2 N–H and O–H groups in total. The van der Waals surface area contributed by atoms with Crippen LogP contribution in [0.4, 0.5) is 4.39 Å². The first-order valence-electron chi connectivity index (χ1n) is 5.44. The molecule has 0 spiro atoms. The van der Waals surface area contributed by atoms with Crippen LogP contribution in [0.3, 0.4) is 0 Å². The lowest BCUT2D eigenvalue weighted by atomic mass is 10.0. The standard InChI is InChI=1S/C12H16BrClFN/c1-2-3-9(16)6-4-8-5-7-10(13)11(14)12(8)15/h5,7,9H,2-4,6,16H2,1H3. The molecule has 0 bridgehead atoms. The summed E-state index contributed by atoms with van der Waals surface area (Å²) in [5.41, 5.74) is 6.52. The molecule has 0 radical (unpaired) electrons. The van der Waals surface area contributed by atoms with Gasteiger partial charge < -0.3 is 5.73 Å². The first-order valence-corrected chi connectivity index (χ1v) is 6.61. The molecule has 90 valence electrons. The van der Waals surface area contributed by atoms with Crippen molar-refractivity contribution in [1.82, 2.24) is 0 Å². The Kier molecular flexibility index (Phi) is 5.73. The number of halogens is 3. The van der Waals surface area contributed by atoms with Gasteiger partial charge in [0.25, 0.3) is 0 Å². The van der Waals surface area contributed by atoms with Crippen LogP contribution in [-0.4, -0.2) is 6.04 Å². The summed E-state index contributed by atoms with van der Waals surface area (Å²) in [6, 6.07) is 3.67. The Hall–Kier alpha value is -0.120. The van der Waals surface area contributed by atoms with Gasteiger partial charge in [-0.3, -0.25) is 0 Å². The van der Waals surface area contributed by atoms with Crippen molar-refractivity contribution in [3.63, 3.8) is 0 Å². The monoisotopic (exact) mass is 307 g/mol. The topological polar surface area (TPSA) is 26.0 Å². The zero-order chi connectivity index (χ0) is 12.1. The lowest BCUT2D eigenvalue weighted by molar-refractivity contribution is 0.545. The molecular formula is C12H16BrClFN. The molecule has 0 amide bonds. The van der Waals surface area contributed by atoms with Gasteiger partial charge in [-0.1, -0.05) is 31.0 Å². The predicted molar refractivity (Wildman–Crippen MR) is 70.3 cm³/mol. The number of benzene rings is 1. The SMILES string of the molecule is CCCC(N)CCc1ccc(Br)c(Cl)c1F. The van der Waals surface area contributed by atoms with Gasteiger partial charge in [0.2, 0.25) is 0 Å². The number of nitrogens with two attached hydrogens (primary N) is 1. The van der Waals surface area contributed by atoms with Crippen LogP contribution in [0.25, 0.3) is 0 Å². The Morgan fingerprint density at radius 2 is 2.12 bits per heavy atom. The van der Waals surface area contributed by atoms with Gasteiger partial charge in [0.1, 0.15) is 5.82 Å². The van der Waals surface area contributed by atoms with Gasteiger partial charge in [0, 0.05) is 10.5 Å². The van der Waals surface area contributed by atoms with Crippen LogP contribution in [0, 0.1) is 5.82 Å². The van der Waals surface area contributed by atoms with Crippen LogP contribution in [0.2, 0.25) is 5.02 Å². The summed E-state index contributed by atoms with van der Waals surface area (Å²) in [5.74, 6) is -0.334. The van der Waals surface area contributed by atoms with Crippen molar-refractivity contribution in [1.29, 1.82) is 0 Å². The van der Waals surface area contributed by atoms with Crippen molar-refractivity contribution in [3.05, 3.63) is 33.0 Å². The second kappa shape index (κ2) is 6.58. The Labute approximate surface area is 109 Å². The largest absolute Gasteiger partial charge is 0.328 e. The Bertz CT molecular complexity index is 357. The summed E-state index contributed by atoms with van der Waals surface area (Å²) in [5, 5.41) is 0.154. The minimum absolute atomic E-state index is 0.145. The molecule has 1 rings (SSSR count). The molecule has 16 heavy (non-hydrogen) atoms. The van der Waals surface area contributed by atoms with E-state index in [-0.39, 0.29) is 16.9 Å². The van der Waals surface area contributed by atoms with Gasteiger partial charge in [0.05, 0.1) is 5.02 Å². The summed E-state index contributed by atoms with van der Waals surface area (Å²) in [7, 11) is 0. The van der Waals surface area contributed by atoms with Gasteiger partial charge >= 0.3 is 0 Å². The zero-order valence-electron chi connectivity index (χ0n) is 9.27. The Balaban J connectivity index is 2.64. The Morgan fingerprint density at radius 1 is 1.44 bits per heavy atom. The highest BCUT2D eigenvalue weighted by Gasteiger charge is 2.11. The Morgan fingerprint density at radius 3 is 2.75 bits per heavy atom. The summed E-state index contributed by atoms with van der Waals surface area (Å²) >= 11 is 8.99. The van der Waals surface area contributed by atoms with E-state index in [0.717, 1.165) is 19.3 Å². The van der Waals surface area contributed by atoms with E-state index in [1.165, 1.54) is 0 Å². The van der Waals surface area contributed by atoms with E-state index in [1.807, 2.05) is 0 Å². The van der Waals surface area contributed by atoms with Gasteiger partial charge in [-0.15, -0.1) is 0 Å². The van der Waals surface area contributed by atoms with Crippen molar-refractivity contribution >= 4 is 27.5 Å². The van der Waals surface area contributed by atoms with Crippen molar-refractivity contribution in [3.8, 4) is 0 Å². The van der Waals surface area contributed by atoms with E-state index in [9.17, 15) is 4.39 Å². The van der Waals surface area contributed by atoms with E-state index in [0.29, 0.717) is 16.5 Å². The van der Waals surface area contributed by atoms with Crippen LogP contribution >= 0.6 is 27.5 Å². The fourth-order valence-corrected chi connectivity index (χ4v) is 2.11. The lowest BCUT2D eigenvalue weighted by Crippen LogP contribution is -2.20. The molecule has 0 heterocycles. The maximum Gasteiger partial charge on any atom is 0.146 e. The van der Waals surface area contributed by atoms with Crippen molar-refractivity contribution in [2.75, 3.05) is 0 Å². The summed E-state index contributed by atoms with van der Waals surface area (Å²) in [4.78, 5) is 0. The zero-order valence-corrected chi connectivity index (χ0v) is 11.6. The highest BCUT2D eigenvalue weighted by atomic mass is 79.9. The maximum absolute atomic E-state index is 13.7. The van der Waals surface area contributed by atoms with Crippen LogP contribution in [0.5, 0.6) is 0 Å².